The first-order chi connectivity index (χ1) is 12.1. The smallest absolute Gasteiger partial charge is 0.337 e. The fraction of sp³-hybridized carbons (Fsp3) is 0.526. The molecule has 0 saturated carbocycles. The predicted molar refractivity (Wildman–Crippen MR) is 103 cm³/mol. The summed E-state index contributed by atoms with van der Waals surface area (Å²) >= 11 is 0. The molecule has 0 fully saturated rings. The fourth-order valence-electron chi connectivity index (χ4n) is 2.94. The lowest BCUT2D eigenvalue weighted by molar-refractivity contribution is 0.0697. The molecule has 2 rings (SSSR count). The summed E-state index contributed by atoms with van der Waals surface area (Å²) < 4.78 is 27.6. The van der Waals surface area contributed by atoms with Crippen LogP contribution in [-0.4, -0.2) is 31.6 Å². The van der Waals surface area contributed by atoms with Gasteiger partial charge >= 0.3 is 5.97 Å². The minimum absolute atomic E-state index is 0.0352. The summed E-state index contributed by atoms with van der Waals surface area (Å²) in [6.07, 6.45) is 7.32. The van der Waals surface area contributed by atoms with Crippen molar-refractivity contribution < 1.29 is 18.3 Å². The van der Waals surface area contributed by atoms with Gasteiger partial charge in [0, 0.05) is 17.8 Å². The molecule has 0 unspecified atom stereocenters. The number of aromatic carboxylic acids is 1. The van der Waals surface area contributed by atoms with E-state index < -0.39 is 16.0 Å². The van der Waals surface area contributed by atoms with Gasteiger partial charge in [-0.3, -0.25) is 0 Å². The van der Waals surface area contributed by atoms with Crippen LogP contribution in [0.2, 0.25) is 0 Å². The predicted octanol–water partition coefficient (Wildman–Crippen LogP) is 3.76. The van der Waals surface area contributed by atoms with Gasteiger partial charge in [-0.05, 0) is 71.1 Å². The maximum atomic E-state index is 12.5. The van der Waals surface area contributed by atoms with E-state index in [1.165, 1.54) is 30.2 Å². The molecule has 1 aliphatic rings. The molecule has 1 aromatic rings. The minimum atomic E-state index is -3.75. The number of anilines is 1. The first-order valence-corrected chi connectivity index (χ1v) is 10.4. The zero-order chi connectivity index (χ0) is 19.4. The Balaban J connectivity index is 2.14. The number of rotatable bonds is 7. The molecule has 0 bridgehead atoms. The van der Waals surface area contributed by atoms with Crippen molar-refractivity contribution in [3.05, 3.63) is 35.4 Å². The lowest BCUT2D eigenvalue weighted by Crippen LogP contribution is -2.28. The molecule has 1 aliphatic carbocycles. The molecule has 3 N–H and O–H groups in total. The quantitative estimate of drug-likeness (QED) is 0.626. The van der Waals surface area contributed by atoms with Crippen LogP contribution in [0.4, 0.5) is 5.69 Å². The van der Waals surface area contributed by atoms with Crippen LogP contribution >= 0.6 is 0 Å². The standard InChI is InChI=1S/C19H28N2O4S/c1-19(2,3)21-17-10-9-15(13-16(17)18(22)23)26(24,25)20-12-11-14-7-5-4-6-8-14/h7,9-10,13,20-21H,4-6,8,11-12H2,1-3H3,(H,22,23). The summed E-state index contributed by atoms with van der Waals surface area (Å²) in [5.41, 5.74) is 1.29. The van der Waals surface area contributed by atoms with Gasteiger partial charge in [0.1, 0.15) is 0 Å². The van der Waals surface area contributed by atoms with Gasteiger partial charge in [0.25, 0.3) is 0 Å². The van der Waals surface area contributed by atoms with Gasteiger partial charge in [0.15, 0.2) is 0 Å². The van der Waals surface area contributed by atoms with E-state index in [2.05, 4.69) is 16.1 Å². The second-order valence-corrected chi connectivity index (χ2v) is 9.41. The molecule has 0 radical (unpaired) electrons. The monoisotopic (exact) mass is 380 g/mol. The van der Waals surface area contributed by atoms with Crippen LogP contribution in [0, 0.1) is 0 Å². The van der Waals surface area contributed by atoms with Crippen molar-refractivity contribution in [1.82, 2.24) is 4.72 Å². The Kier molecular flexibility index (Phi) is 6.47. The van der Waals surface area contributed by atoms with E-state index in [9.17, 15) is 18.3 Å². The van der Waals surface area contributed by atoms with Crippen LogP contribution in [0.5, 0.6) is 0 Å². The van der Waals surface area contributed by atoms with Crippen molar-refractivity contribution in [1.29, 1.82) is 0 Å². The maximum absolute atomic E-state index is 12.5. The van der Waals surface area contributed by atoms with Gasteiger partial charge in [-0.15, -0.1) is 0 Å². The lowest BCUT2D eigenvalue weighted by Gasteiger charge is -2.23. The third kappa shape index (κ3) is 5.85. The Morgan fingerprint density at radius 2 is 1.96 bits per heavy atom. The van der Waals surface area contributed by atoms with Crippen molar-refractivity contribution >= 4 is 21.7 Å². The fourth-order valence-corrected chi connectivity index (χ4v) is 4.00. The van der Waals surface area contributed by atoms with Gasteiger partial charge in [-0.2, -0.15) is 0 Å². The number of nitrogens with one attached hydrogen (secondary N) is 2. The molecule has 0 aromatic heterocycles. The Morgan fingerprint density at radius 1 is 1.23 bits per heavy atom. The number of benzene rings is 1. The average Bonchev–Trinajstić information content (AvgIpc) is 2.54. The molecule has 0 heterocycles. The number of carbonyl (C=O) groups is 1. The van der Waals surface area contributed by atoms with Crippen LogP contribution in [0.15, 0.2) is 34.7 Å². The summed E-state index contributed by atoms with van der Waals surface area (Å²) in [6.45, 7) is 6.04. The van der Waals surface area contributed by atoms with E-state index in [-0.39, 0.29) is 16.0 Å². The molecule has 1 aromatic carbocycles. The topological polar surface area (TPSA) is 95.5 Å². The third-order valence-electron chi connectivity index (χ3n) is 4.16. The van der Waals surface area contributed by atoms with Crippen LogP contribution in [0.1, 0.15) is 63.2 Å². The number of sulfonamides is 1. The van der Waals surface area contributed by atoms with E-state index in [1.807, 2.05) is 20.8 Å². The second-order valence-electron chi connectivity index (χ2n) is 7.64. The van der Waals surface area contributed by atoms with Gasteiger partial charge in [0.05, 0.1) is 10.5 Å². The summed E-state index contributed by atoms with van der Waals surface area (Å²) in [4.78, 5) is 11.5. The highest BCUT2D eigenvalue weighted by Crippen LogP contribution is 2.24. The molecule has 7 heteroatoms. The SMILES string of the molecule is CC(C)(C)Nc1ccc(S(=O)(=O)NCCC2=CCCCC2)cc1C(=O)O. The van der Waals surface area contributed by atoms with Gasteiger partial charge in [-0.1, -0.05) is 11.6 Å². The highest BCUT2D eigenvalue weighted by atomic mass is 32.2. The number of hydrogen-bond donors (Lipinski definition) is 3. The molecular weight excluding hydrogens is 352 g/mol. The van der Waals surface area contributed by atoms with Gasteiger partial charge in [-0.25, -0.2) is 17.9 Å². The van der Waals surface area contributed by atoms with E-state index in [4.69, 9.17) is 0 Å². The van der Waals surface area contributed by atoms with E-state index in [0.717, 1.165) is 19.3 Å². The largest absolute Gasteiger partial charge is 0.478 e. The maximum Gasteiger partial charge on any atom is 0.337 e. The number of carboxylic acid groups (broad SMARTS) is 1. The summed E-state index contributed by atoms with van der Waals surface area (Å²) in [6, 6.07) is 4.15. The second kappa shape index (κ2) is 8.22. The molecule has 144 valence electrons. The van der Waals surface area contributed by atoms with Gasteiger partial charge in [0.2, 0.25) is 10.0 Å². The van der Waals surface area contributed by atoms with Gasteiger partial charge < -0.3 is 10.4 Å². The summed E-state index contributed by atoms with van der Waals surface area (Å²) in [7, 11) is -3.75. The van der Waals surface area contributed by atoms with Crippen LogP contribution in [0.25, 0.3) is 0 Å². The van der Waals surface area contributed by atoms with E-state index in [1.54, 1.807) is 0 Å². The Labute approximate surface area is 155 Å². The van der Waals surface area contributed by atoms with Crippen LogP contribution in [-0.2, 0) is 10.0 Å². The highest BCUT2D eigenvalue weighted by Gasteiger charge is 2.21. The van der Waals surface area contributed by atoms with E-state index in [0.29, 0.717) is 18.7 Å². The van der Waals surface area contributed by atoms with E-state index >= 15 is 0 Å². The first kappa shape index (κ1) is 20.5. The first-order valence-electron chi connectivity index (χ1n) is 8.91. The lowest BCUT2D eigenvalue weighted by atomic mass is 9.97. The van der Waals surface area contributed by atoms with Crippen LogP contribution < -0.4 is 10.0 Å². The highest BCUT2D eigenvalue weighted by molar-refractivity contribution is 7.89. The Morgan fingerprint density at radius 3 is 2.54 bits per heavy atom. The number of allylic oxidation sites excluding steroid dienone is 1. The van der Waals surface area contributed by atoms with Crippen molar-refractivity contribution in [2.75, 3.05) is 11.9 Å². The zero-order valence-electron chi connectivity index (χ0n) is 15.6. The summed E-state index contributed by atoms with van der Waals surface area (Å²) in [5.74, 6) is -1.17. The van der Waals surface area contributed by atoms with Crippen molar-refractivity contribution in [3.63, 3.8) is 0 Å². The molecule has 0 aliphatic heterocycles. The van der Waals surface area contributed by atoms with Crippen molar-refractivity contribution in [2.24, 2.45) is 0 Å². The molecule has 26 heavy (non-hydrogen) atoms. The van der Waals surface area contributed by atoms with Crippen molar-refractivity contribution in [3.8, 4) is 0 Å². The third-order valence-corrected chi connectivity index (χ3v) is 5.62. The molecular formula is C19H28N2O4S. The molecule has 0 saturated heterocycles. The molecule has 0 atom stereocenters. The molecule has 0 spiro atoms. The zero-order valence-corrected chi connectivity index (χ0v) is 16.4. The number of carboxylic acids is 1. The van der Waals surface area contributed by atoms with Crippen molar-refractivity contribution in [2.45, 2.75) is 63.3 Å². The Bertz CT molecular complexity index is 792. The number of hydrogen-bond acceptors (Lipinski definition) is 4. The average molecular weight is 381 g/mol. The molecule has 6 nitrogen and oxygen atoms in total. The Hall–Kier alpha value is -1.86. The summed E-state index contributed by atoms with van der Waals surface area (Å²) in [5, 5.41) is 12.5. The molecule has 0 amide bonds. The minimum Gasteiger partial charge on any atom is -0.478 e. The normalized spacial score (nSPS) is 15.4. The van der Waals surface area contributed by atoms with Crippen LogP contribution in [0.3, 0.4) is 0 Å².